The van der Waals surface area contributed by atoms with Crippen LogP contribution in [0, 0.1) is 11.8 Å². The first kappa shape index (κ1) is 25.4. The monoisotopic (exact) mass is 474 g/mol. The van der Waals surface area contributed by atoms with Gasteiger partial charge in [0.15, 0.2) is 0 Å². The minimum Gasteiger partial charge on any atom is -0.444 e. The zero-order valence-electron chi connectivity index (χ0n) is 17.6. The molecule has 1 N–H and O–H groups in total. The summed E-state index contributed by atoms with van der Waals surface area (Å²) >= 11 is 6.02. The highest BCUT2D eigenvalue weighted by atomic mass is 35.5. The zero-order chi connectivity index (χ0) is 24.3. The third kappa shape index (κ3) is 6.82. The van der Waals surface area contributed by atoms with Crippen molar-refractivity contribution in [1.82, 2.24) is 10.3 Å². The fourth-order valence-electron chi connectivity index (χ4n) is 2.45. The lowest BCUT2D eigenvalue weighted by molar-refractivity contribution is -0.141. The molecular formula is C22H20ClF5N2O2. The highest BCUT2D eigenvalue weighted by Gasteiger charge is 2.41. The molecule has 0 bridgehead atoms. The van der Waals surface area contributed by atoms with Crippen molar-refractivity contribution in [2.75, 3.05) is 0 Å². The Labute approximate surface area is 187 Å². The summed E-state index contributed by atoms with van der Waals surface area (Å²) in [7, 11) is 0. The minimum atomic E-state index is -4.56. The molecule has 0 saturated heterocycles. The first-order valence-electron chi connectivity index (χ1n) is 9.32. The molecule has 1 heterocycles. The van der Waals surface area contributed by atoms with Crippen LogP contribution in [0.2, 0.25) is 5.02 Å². The normalized spacial score (nSPS) is 13.1. The molecule has 0 aliphatic heterocycles. The Kier molecular flexibility index (Phi) is 7.40. The van der Waals surface area contributed by atoms with Crippen LogP contribution < -0.4 is 5.32 Å². The van der Waals surface area contributed by atoms with Gasteiger partial charge in [-0.05, 0) is 52.0 Å². The molecule has 0 aliphatic carbocycles. The lowest BCUT2D eigenvalue weighted by atomic mass is 10.0. The van der Waals surface area contributed by atoms with Gasteiger partial charge in [-0.2, -0.15) is 22.0 Å². The number of nitrogens with zero attached hydrogens (tertiary/aromatic N) is 1. The van der Waals surface area contributed by atoms with Crippen LogP contribution in [0.5, 0.6) is 0 Å². The van der Waals surface area contributed by atoms with Gasteiger partial charge in [0.1, 0.15) is 11.3 Å². The van der Waals surface area contributed by atoms with Crippen LogP contribution in [0.15, 0.2) is 36.5 Å². The topological polar surface area (TPSA) is 51.2 Å². The smallest absolute Gasteiger partial charge is 0.433 e. The number of alkyl halides is 5. The number of rotatable bonds is 3. The highest BCUT2D eigenvalue weighted by molar-refractivity contribution is 6.31. The molecule has 0 aliphatic rings. The molecule has 0 spiro atoms. The van der Waals surface area contributed by atoms with Crippen LogP contribution in [0.1, 0.15) is 50.1 Å². The predicted octanol–water partition coefficient (Wildman–Crippen LogP) is 6.16. The molecule has 1 atom stereocenters. The Balaban J connectivity index is 2.17. The maximum absolute atomic E-state index is 14.8. The minimum absolute atomic E-state index is 0.207. The van der Waals surface area contributed by atoms with Crippen molar-refractivity contribution in [3.05, 3.63) is 63.9 Å². The second kappa shape index (κ2) is 9.33. The molecule has 1 aromatic carbocycles. The van der Waals surface area contributed by atoms with E-state index in [9.17, 15) is 26.7 Å². The fraction of sp³-hybridized carbons (Fsp3) is 0.364. The average Bonchev–Trinajstić information content (AvgIpc) is 2.64. The molecule has 1 amide bonds. The quantitative estimate of drug-likeness (QED) is 0.428. The summed E-state index contributed by atoms with van der Waals surface area (Å²) in [6.45, 7) is 5.93. The van der Waals surface area contributed by atoms with Crippen LogP contribution >= 0.6 is 11.6 Å². The SMILES string of the molecule is CC(NC(=O)OC(C)(C)C)C(F)(F)c1ccc(C#Cc2ccc(C(F)(F)F)nc2)cc1Cl. The number of carbonyl (C=O) groups is 1. The molecule has 172 valence electrons. The Bertz CT molecular complexity index is 1040. The van der Waals surface area contributed by atoms with Crippen LogP contribution in [0.3, 0.4) is 0 Å². The molecule has 2 aromatic rings. The van der Waals surface area contributed by atoms with E-state index < -0.39 is 41.1 Å². The Hall–Kier alpha value is -2.86. The lowest BCUT2D eigenvalue weighted by Gasteiger charge is -2.27. The van der Waals surface area contributed by atoms with Gasteiger partial charge in [0.2, 0.25) is 0 Å². The maximum Gasteiger partial charge on any atom is 0.433 e. The summed E-state index contributed by atoms with van der Waals surface area (Å²) < 4.78 is 72.3. The summed E-state index contributed by atoms with van der Waals surface area (Å²) in [5, 5.41) is 1.81. The molecule has 0 radical (unpaired) electrons. The van der Waals surface area contributed by atoms with E-state index in [1.54, 1.807) is 20.8 Å². The van der Waals surface area contributed by atoms with Crippen LogP contribution in [0.4, 0.5) is 26.7 Å². The second-order valence-corrected chi connectivity index (χ2v) is 8.27. The van der Waals surface area contributed by atoms with Gasteiger partial charge in [-0.3, -0.25) is 4.98 Å². The van der Waals surface area contributed by atoms with E-state index in [1.165, 1.54) is 12.1 Å². The largest absolute Gasteiger partial charge is 0.444 e. The van der Waals surface area contributed by atoms with Crippen LogP contribution in [0.25, 0.3) is 0 Å². The van der Waals surface area contributed by atoms with Gasteiger partial charge >= 0.3 is 12.3 Å². The fourth-order valence-corrected chi connectivity index (χ4v) is 2.76. The molecule has 10 heteroatoms. The van der Waals surface area contributed by atoms with Crippen molar-refractivity contribution in [3.63, 3.8) is 0 Å². The van der Waals surface area contributed by atoms with Crippen molar-refractivity contribution in [2.45, 2.75) is 51.4 Å². The van der Waals surface area contributed by atoms with Gasteiger partial charge in [-0.1, -0.05) is 29.5 Å². The highest BCUT2D eigenvalue weighted by Crippen LogP contribution is 2.37. The number of amides is 1. The van der Waals surface area contributed by atoms with Crippen LogP contribution in [-0.4, -0.2) is 22.7 Å². The number of hydrogen-bond donors (Lipinski definition) is 1. The Morgan fingerprint density at radius 3 is 2.16 bits per heavy atom. The number of alkyl carbamates (subject to hydrolysis) is 1. The van der Waals surface area contributed by atoms with E-state index in [2.05, 4.69) is 22.1 Å². The lowest BCUT2D eigenvalue weighted by Crippen LogP contribution is -2.46. The van der Waals surface area contributed by atoms with Gasteiger partial charge in [0, 0.05) is 22.9 Å². The van der Waals surface area contributed by atoms with Crippen molar-refractivity contribution in [3.8, 4) is 11.8 Å². The van der Waals surface area contributed by atoms with Gasteiger partial charge in [-0.25, -0.2) is 4.79 Å². The maximum atomic E-state index is 14.8. The van der Waals surface area contributed by atoms with Gasteiger partial charge in [0.05, 0.1) is 11.1 Å². The van der Waals surface area contributed by atoms with E-state index in [0.717, 1.165) is 31.3 Å². The van der Waals surface area contributed by atoms with E-state index >= 15 is 0 Å². The van der Waals surface area contributed by atoms with E-state index in [0.29, 0.717) is 0 Å². The van der Waals surface area contributed by atoms with Gasteiger partial charge in [-0.15, -0.1) is 0 Å². The summed E-state index contributed by atoms with van der Waals surface area (Å²) in [6, 6.07) is 3.89. The predicted molar refractivity (Wildman–Crippen MR) is 109 cm³/mol. The van der Waals surface area contributed by atoms with Crippen molar-refractivity contribution in [1.29, 1.82) is 0 Å². The third-order valence-electron chi connectivity index (χ3n) is 4.01. The third-order valence-corrected chi connectivity index (χ3v) is 4.32. The summed E-state index contributed by atoms with van der Waals surface area (Å²) in [5.74, 6) is 1.71. The summed E-state index contributed by atoms with van der Waals surface area (Å²) in [5.41, 5.74) is -1.95. The molecule has 4 nitrogen and oxygen atoms in total. The number of carbonyl (C=O) groups excluding carboxylic acids is 1. The number of nitrogens with one attached hydrogen (secondary N) is 1. The van der Waals surface area contributed by atoms with E-state index in [1.807, 2.05) is 0 Å². The number of ether oxygens (including phenoxy) is 1. The molecule has 0 saturated carbocycles. The van der Waals surface area contributed by atoms with Crippen molar-refractivity contribution >= 4 is 17.7 Å². The number of aromatic nitrogens is 1. The molecule has 1 aromatic heterocycles. The Morgan fingerprint density at radius 2 is 1.66 bits per heavy atom. The number of hydrogen-bond acceptors (Lipinski definition) is 3. The van der Waals surface area contributed by atoms with Crippen LogP contribution in [-0.2, 0) is 16.8 Å². The first-order valence-corrected chi connectivity index (χ1v) is 9.70. The molecule has 0 fully saturated rings. The van der Waals surface area contributed by atoms with Crippen molar-refractivity contribution in [2.24, 2.45) is 0 Å². The number of benzene rings is 1. The summed E-state index contributed by atoms with van der Waals surface area (Å²) in [4.78, 5) is 15.1. The average molecular weight is 475 g/mol. The zero-order valence-corrected chi connectivity index (χ0v) is 18.3. The number of pyridine rings is 1. The van der Waals surface area contributed by atoms with Crippen molar-refractivity contribution < 1.29 is 31.5 Å². The molecule has 1 unspecified atom stereocenters. The Morgan fingerprint density at radius 1 is 1.06 bits per heavy atom. The first-order chi connectivity index (χ1) is 14.6. The number of halogens is 6. The molecule has 2 rings (SSSR count). The molecular weight excluding hydrogens is 455 g/mol. The molecule has 32 heavy (non-hydrogen) atoms. The standard InChI is InChI=1S/C22H20ClF5N2O2/c1-13(30-19(31)32-20(2,3)4)21(24,25)16-9-7-14(11-17(16)23)5-6-15-8-10-18(29-12-15)22(26,27)28/h7-13H,1-4H3,(H,30,31). The van der Waals surface area contributed by atoms with Gasteiger partial charge < -0.3 is 10.1 Å². The van der Waals surface area contributed by atoms with E-state index in [-0.39, 0.29) is 16.1 Å². The van der Waals surface area contributed by atoms with Gasteiger partial charge in [0.25, 0.3) is 5.92 Å². The summed E-state index contributed by atoms with van der Waals surface area (Å²) in [6.07, 6.45) is -4.59. The second-order valence-electron chi connectivity index (χ2n) is 7.87. The van der Waals surface area contributed by atoms with E-state index in [4.69, 9.17) is 16.3 Å².